The van der Waals surface area contributed by atoms with Crippen molar-refractivity contribution in [1.82, 2.24) is 5.32 Å². The standard InChI is InChI=1S/C19H21N3O4/c1-13(23)21-15-4-3-5-16(12-15)22-19(25)18(24)20-11-10-14-6-8-17(26-2)9-7-14/h3-9,12H,10-11H2,1-2H3,(H,20,24)(H,21,23)(H,22,25). The van der Waals surface area contributed by atoms with Crippen LogP contribution in [-0.4, -0.2) is 31.4 Å². The topological polar surface area (TPSA) is 96.5 Å². The zero-order chi connectivity index (χ0) is 18.9. The normalized spacial score (nSPS) is 9.92. The summed E-state index contributed by atoms with van der Waals surface area (Å²) in [5.41, 5.74) is 1.98. The van der Waals surface area contributed by atoms with Crippen molar-refractivity contribution in [2.45, 2.75) is 13.3 Å². The number of hydrogen-bond donors (Lipinski definition) is 3. The lowest BCUT2D eigenvalue weighted by molar-refractivity contribution is -0.136. The van der Waals surface area contributed by atoms with Crippen LogP contribution in [-0.2, 0) is 20.8 Å². The molecule has 136 valence electrons. The van der Waals surface area contributed by atoms with E-state index in [1.165, 1.54) is 6.92 Å². The third kappa shape index (κ3) is 5.94. The van der Waals surface area contributed by atoms with Gasteiger partial charge in [0.1, 0.15) is 5.75 Å². The van der Waals surface area contributed by atoms with E-state index in [4.69, 9.17) is 4.74 Å². The fraction of sp³-hybridized carbons (Fsp3) is 0.211. The Morgan fingerprint density at radius 1 is 0.923 bits per heavy atom. The maximum atomic E-state index is 11.9. The Balaban J connectivity index is 1.81. The van der Waals surface area contributed by atoms with Gasteiger partial charge >= 0.3 is 11.8 Å². The van der Waals surface area contributed by atoms with E-state index in [1.807, 2.05) is 24.3 Å². The Kier molecular flexibility index (Phi) is 6.73. The largest absolute Gasteiger partial charge is 0.497 e. The number of carbonyl (C=O) groups is 3. The van der Waals surface area contributed by atoms with Gasteiger partial charge in [-0.15, -0.1) is 0 Å². The summed E-state index contributed by atoms with van der Waals surface area (Å²) in [7, 11) is 1.60. The van der Waals surface area contributed by atoms with E-state index < -0.39 is 11.8 Å². The molecule has 2 rings (SSSR count). The highest BCUT2D eigenvalue weighted by atomic mass is 16.5. The summed E-state index contributed by atoms with van der Waals surface area (Å²) in [6.07, 6.45) is 0.598. The van der Waals surface area contributed by atoms with Gasteiger partial charge in [-0.3, -0.25) is 14.4 Å². The summed E-state index contributed by atoms with van der Waals surface area (Å²) in [5.74, 6) is -0.938. The first-order chi connectivity index (χ1) is 12.5. The minimum Gasteiger partial charge on any atom is -0.497 e. The molecule has 0 radical (unpaired) electrons. The molecule has 0 unspecified atom stereocenters. The second-order valence-corrected chi connectivity index (χ2v) is 5.57. The monoisotopic (exact) mass is 355 g/mol. The lowest BCUT2D eigenvalue weighted by atomic mass is 10.1. The van der Waals surface area contributed by atoms with Crippen LogP contribution >= 0.6 is 0 Å². The molecular formula is C19H21N3O4. The number of methoxy groups -OCH3 is 1. The average molecular weight is 355 g/mol. The number of benzene rings is 2. The molecule has 0 aliphatic rings. The third-order valence-electron chi connectivity index (χ3n) is 3.51. The zero-order valence-corrected chi connectivity index (χ0v) is 14.7. The fourth-order valence-electron chi connectivity index (χ4n) is 2.26. The van der Waals surface area contributed by atoms with Crippen LogP contribution in [0.2, 0.25) is 0 Å². The minimum atomic E-state index is -0.764. The summed E-state index contributed by atoms with van der Waals surface area (Å²) >= 11 is 0. The van der Waals surface area contributed by atoms with Crippen LogP contribution in [0.15, 0.2) is 48.5 Å². The van der Waals surface area contributed by atoms with Gasteiger partial charge in [-0.25, -0.2) is 0 Å². The van der Waals surface area contributed by atoms with Crippen molar-refractivity contribution in [2.24, 2.45) is 0 Å². The lowest BCUT2D eigenvalue weighted by Gasteiger charge is -2.08. The molecule has 3 N–H and O–H groups in total. The number of carbonyl (C=O) groups excluding carboxylic acids is 3. The molecule has 0 saturated heterocycles. The highest BCUT2D eigenvalue weighted by molar-refractivity contribution is 6.39. The number of ether oxygens (including phenoxy) is 1. The number of amides is 3. The summed E-state index contributed by atoms with van der Waals surface area (Å²) < 4.78 is 5.08. The SMILES string of the molecule is COc1ccc(CCNC(=O)C(=O)Nc2cccc(NC(C)=O)c2)cc1. The molecular weight excluding hydrogens is 334 g/mol. The van der Waals surface area contributed by atoms with Crippen molar-refractivity contribution in [3.05, 3.63) is 54.1 Å². The van der Waals surface area contributed by atoms with E-state index in [9.17, 15) is 14.4 Å². The van der Waals surface area contributed by atoms with Crippen molar-refractivity contribution in [3.63, 3.8) is 0 Å². The van der Waals surface area contributed by atoms with Gasteiger partial charge in [0.2, 0.25) is 5.91 Å². The Morgan fingerprint density at radius 2 is 1.58 bits per heavy atom. The molecule has 26 heavy (non-hydrogen) atoms. The Morgan fingerprint density at radius 3 is 2.19 bits per heavy atom. The molecule has 3 amide bonds. The summed E-state index contributed by atoms with van der Waals surface area (Å²) in [6.45, 7) is 1.73. The van der Waals surface area contributed by atoms with E-state index in [2.05, 4.69) is 16.0 Å². The first kappa shape index (κ1) is 19.0. The van der Waals surface area contributed by atoms with Crippen molar-refractivity contribution < 1.29 is 19.1 Å². The van der Waals surface area contributed by atoms with Crippen LogP contribution in [0.1, 0.15) is 12.5 Å². The highest BCUT2D eigenvalue weighted by Crippen LogP contribution is 2.15. The van der Waals surface area contributed by atoms with Crippen LogP contribution in [0.5, 0.6) is 5.75 Å². The fourth-order valence-corrected chi connectivity index (χ4v) is 2.26. The first-order valence-electron chi connectivity index (χ1n) is 8.07. The van der Waals surface area contributed by atoms with Crippen LogP contribution < -0.4 is 20.7 Å². The van der Waals surface area contributed by atoms with Crippen molar-refractivity contribution >= 4 is 29.1 Å². The molecule has 7 heteroatoms. The van der Waals surface area contributed by atoms with Gasteiger partial charge < -0.3 is 20.7 Å². The van der Waals surface area contributed by atoms with Crippen molar-refractivity contribution in [3.8, 4) is 5.75 Å². The smallest absolute Gasteiger partial charge is 0.313 e. The second-order valence-electron chi connectivity index (χ2n) is 5.57. The minimum absolute atomic E-state index is 0.218. The van der Waals surface area contributed by atoms with Crippen molar-refractivity contribution in [2.75, 3.05) is 24.3 Å². The summed E-state index contributed by atoms with van der Waals surface area (Å²) in [4.78, 5) is 34.9. The maximum Gasteiger partial charge on any atom is 0.313 e. The molecule has 0 atom stereocenters. The third-order valence-corrected chi connectivity index (χ3v) is 3.51. The Hall–Kier alpha value is -3.35. The molecule has 0 aromatic heterocycles. The van der Waals surface area contributed by atoms with Gasteiger partial charge in [-0.2, -0.15) is 0 Å². The number of nitrogens with one attached hydrogen (secondary N) is 3. The molecule has 0 aliphatic carbocycles. The highest BCUT2D eigenvalue weighted by Gasteiger charge is 2.13. The predicted octanol–water partition coefficient (Wildman–Crippen LogP) is 1.95. The number of hydrogen-bond acceptors (Lipinski definition) is 4. The van der Waals surface area contributed by atoms with E-state index in [1.54, 1.807) is 31.4 Å². The molecule has 0 spiro atoms. The number of anilines is 2. The van der Waals surface area contributed by atoms with Crippen LogP contribution in [0.25, 0.3) is 0 Å². The quantitative estimate of drug-likeness (QED) is 0.690. The first-order valence-corrected chi connectivity index (χ1v) is 8.07. The van der Waals surface area contributed by atoms with Gasteiger partial charge in [0.25, 0.3) is 0 Å². The van der Waals surface area contributed by atoms with Gasteiger partial charge in [-0.05, 0) is 42.3 Å². The molecule has 7 nitrogen and oxygen atoms in total. The average Bonchev–Trinajstić information content (AvgIpc) is 2.62. The van der Waals surface area contributed by atoms with E-state index >= 15 is 0 Å². The second kappa shape index (κ2) is 9.22. The zero-order valence-electron chi connectivity index (χ0n) is 14.7. The van der Waals surface area contributed by atoms with E-state index in [0.717, 1.165) is 11.3 Å². The Bertz CT molecular complexity index is 788. The lowest BCUT2D eigenvalue weighted by Crippen LogP contribution is -2.36. The molecule has 0 heterocycles. The van der Waals surface area contributed by atoms with Gasteiger partial charge in [0, 0.05) is 24.8 Å². The summed E-state index contributed by atoms with van der Waals surface area (Å²) in [6, 6.07) is 14.0. The predicted molar refractivity (Wildman–Crippen MR) is 99.1 cm³/mol. The molecule has 0 fully saturated rings. The molecule has 0 aliphatic heterocycles. The molecule has 0 saturated carbocycles. The van der Waals surface area contributed by atoms with Gasteiger partial charge in [0.15, 0.2) is 0 Å². The van der Waals surface area contributed by atoms with E-state index in [0.29, 0.717) is 24.3 Å². The molecule has 2 aromatic carbocycles. The number of rotatable bonds is 6. The van der Waals surface area contributed by atoms with E-state index in [-0.39, 0.29) is 5.91 Å². The van der Waals surface area contributed by atoms with Crippen LogP contribution in [0.4, 0.5) is 11.4 Å². The van der Waals surface area contributed by atoms with Crippen molar-refractivity contribution in [1.29, 1.82) is 0 Å². The summed E-state index contributed by atoms with van der Waals surface area (Å²) in [5, 5.41) is 7.68. The molecule has 2 aromatic rings. The Labute approximate surface area is 151 Å². The van der Waals surface area contributed by atoms with Gasteiger partial charge in [0.05, 0.1) is 7.11 Å². The van der Waals surface area contributed by atoms with Crippen LogP contribution in [0, 0.1) is 0 Å². The maximum absolute atomic E-state index is 11.9. The molecule has 0 bridgehead atoms. The van der Waals surface area contributed by atoms with Crippen LogP contribution in [0.3, 0.4) is 0 Å². The van der Waals surface area contributed by atoms with Gasteiger partial charge in [-0.1, -0.05) is 18.2 Å².